The Kier molecular flexibility index (Phi) is 3.71. The SMILES string of the molecule is COc1cc2c(nc1[N+](=O)[O-])CCN2C(=O)OC(C)(C)C. The quantitative estimate of drug-likeness (QED) is 0.613. The van der Waals surface area contributed by atoms with Crippen molar-refractivity contribution in [1.29, 1.82) is 0 Å². The van der Waals surface area contributed by atoms with Gasteiger partial charge in [0.15, 0.2) is 5.69 Å². The fourth-order valence-corrected chi connectivity index (χ4v) is 2.06. The summed E-state index contributed by atoms with van der Waals surface area (Å²) in [4.78, 5) is 27.9. The Morgan fingerprint density at radius 2 is 2.14 bits per heavy atom. The van der Waals surface area contributed by atoms with Crippen molar-refractivity contribution in [2.75, 3.05) is 18.6 Å². The highest BCUT2D eigenvalue weighted by Crippen LogP contribution is 2.36. The minimum atomic E-state index is -0.613. The van der Waals surface area contributed by atoms with Gasteiger partial charge in [-0.15, -0.1) is 0 Å². The van der Waals surface area contributed by atoms with Crippen molar-refractivity contribution in [3.05, 3.63) is 21.9 Å². The minimum absolute atomic E-state index is 0.0224. The molecular formula is C13H17N3O5. The van der Waals surface area contributed by atoms with Crippen LogP contribution in [-0.4, -0.2) is 35.3 Å². The molecule has 2 rings (SSSR count). The van der Waals surface area contributed by atoms with Crippen LogP contribution >= 0.6 is 0 Å². The van der Waals surface area contributed by atoms with E-state index in [9.17, 15) is 14.9 Å². The monoisotopic (exact) mass is 295 g/mol. The second-order valence-corrected chi connectivity index (χ2v) is 5.62. The zero-order valence-electron chi connectivity index (χ0n) is 12.4. The number of hydrogen-bond acceptors (Lipinski definition) is 6. The Bertz CT molecular complexity index is 594. The van der Waals surface area contributed by atoms with Gasteiger partial charge in [0.25, 0.3) is 0 Å². The molecule has 0 fully saturated rings. The van der Waals surface area contributed by atoms with E-state index in [2.05, 4.69) is 4.98 Å². The molecule has 0 aromatic carbocycles. The topological polar surface area (TPSA) is 94.8 Å². The predicted molar refractivity (Wildman–Crippen MR) is 74.7 cm³/mol. The standard InChI is InChI=1S/C13H17N3O5/c1-13(2,3)21-12(17)15-6-5-8-9(15)7-10(20-4)11(14-8)16(18)19/h7H,5-6H2,1-4H3. The molecule has 0 N–H and O–H groups in total. The van der Waals surface area contributed by atoms with E-state index in [4.69, 9.17) is 9.47 Å². The first-order valence-electron chi connectivity index (χ1n) is 6.46. The molecule has 1 aromatic heterocycles. The maximum atomic E-state index is 12.1. The van der Waals surface area contributed by atoms with Crippen molar-refractivity contribution in [3.8, 4) is 5.75 Å². The summed E-state index contributed by atoms with van der Waals surface area (Å²) in [6.07, 6.45) is -0.0571. The average Bonchev–Trinajstić information content (AvgIpc) is 2.77. The Labute approximate surface area is 121 Å². The molecule has 0 spiro atoms. The fraction of sp³-hybridized carbons (Fsp3) is 0.538. The van der Waals surface area contributed by atoms with Crippen LogP contribution in [0.3, 0.4) is 0 Å². The predicted octanol–water partition coefficient (Wildman–Crippen LogP) is 2.30. The number of nitro groups is 1. The van der Waals surface area contributed by atoms with Crippen LogP contribution < -0.4 is 9.64 Å². The molecule has 114 valence electrons. The summed E-state index contributed by atoms with van der Waals surface area (Å²) in [5.74, 6) is -0.323. The number of rotatable bonds is 2. The smallest absolute Gasteiger partial charge is 0.414 e. The molecule has 0 unspecified atom stereocenters. The van der Waals surface area contributed by atoms with Crippen LogP contribution in [0, 0.1) is 10.1 Å². The normalized spacial score (nSPS) is 13.8. The lowest BCUT2D eigenvalue weighted by molar-refractivity contribution is -0.390. The van der Waals surface area contributed by atoms with Crippen molar-refractivity contribution >= 4 is 17.6 Å². The summed E-state index contributed by atoms with van der Waals surface area (Å²) in [6, 6.07) is 1.46. The van der Waals surface area contributed by atoms with Gasteiger partial charge in [0, 0.05) is 19.0 Å². The number of fused-ring (bicyclic) bond motifs is 1. The molecule has 2 heterocycles. The van der Waals surface area contributed by atoms with Crippen molar-refractivity contribution in [3.63, 3.8) is 0 Å². The van der Waals surface area contributed by atoms with Crippen LogP contribution in [0.5, 0.6) is 5.75 Å². The number of hydrogen-bond donors (Lipinski definition) is 0. The van der Waals surface area contributed by atoms with Crippen LogP contribution in [0.25, 0.3) is 0 Å². The Morgan fingerprint density at radius 1 is 1.48 bits per heavy atom. The lowest BCUT2D eigenvalue weighted by Gasteiger charge is -2.24. The van der Waals surface area contributed by atoms with Gasteiger partial charge in [-0.25, -0.2) is 4.79 Å². The van der Waals surface area contributed by atoms with E-state index >= 15 is 0 Å². The average molecular weight is 295 g/mol. The molecule has 0 radical (unpaired) electrons. The van der Waals surface area contributed by atoms with Gasteiger partial charge in [0.1, 0.15) is 5.60 Å². The zero-order chi connectivity index (χ0) is 15.8. The minimum Gasteiger partial charge on any atom is -0.489 e. The molecule has 1 aliphatic heterocycles. The molecule has 21 heavy (non-hydrogen) atoms. The van der Waals surface area contributed by atoms with E-state index in [-0.39, 0.29) is 11.6 Å². The summed E-state index contributed by atoms with van der Waals surface area (Å²) in [7, 11) is 1.32. The number of nitrogens with zero attached hydrogens (tertiary/aromatic N) is 3. The molecule has 1 amide bonds. The van der Waals surface area contributed by atoms with E-state index in [0.717, 1.165) is 0 Å². The summed E-state index contributed by atoms with van der Waals surface area (Å²) in [6.45, 7) is 5.70. The van der Waals surface area contributed by atoms with E-state index in [1.54, 1.807) is 20.8 Å². The first-order valence-corrected chi connectivity index (χ1v) is 6.46. The molecule has 0 bridgehead atoms. The lowest BCUT2D eigenvalue weighted by Crippen LogP contribution is -2.35. The highest BCUT2D eigenvalue weighted by molar-refractivity contribution is 5.90. The maximum absolute atomic E-state index is 12.1. The largest absolute Gasteiger partial charge is 0.489 e. The summed E-state index contributed by atoms with van der Waals surface area (Å²) in [5, 5.41) is 10.9. The lowest BCUT2D eigenvalue weighted by atomic mass is 10.2. The number of carbonyl (C=O) groups is 1. The van der Waals surface area contributed by atoms with Gasteiger partial charge in [-0.1, -0.05) is 0 Å². The highest BCUT2D eigenvalue weighted by Gasteiger charge is 2.35. The zero-order valence-corrected chi connectivity index (χ0v) is 12.4. The molecule has 8 nitrogen and oxygen atoms in total. The van der Waals surface area contributed by atoms with E-state index in [1.807, 2.05) is 0 Å². The van der Waals surface area contributed by atoms with Crippen molar-refractivity contribution in [2.24, 2.45) is 0 Å². The number of pyridine rings is 1. The van der Waals surface area contributed by atoms with Crippen LogP contribution in [0.4, 0.5) is 16.3 Å². The van der Waals surface area contributed by atoms with Gasteiger partial charge in [0.05, 0.1) is 12.8 Å². The molecule has 8 heteroatoms. The van der Waals surface area contributed by atoms with E-state index < -0.39 is 16.6 Å². The van der Waals surface area contributed by atoms with Crippen LogP contribution in [-0.2, 0) is 11.2 Å². The second kappa shape index (κ2) is 5.19. The van der Waals surface area contributed by atoms with Crippen LogP contribution in [0.15, 0.2) is 6.07 Å². The van der Waals surface area contributed by atoms with E-state index in [0.29, 0.717) is 24.3 Å². The number of methoxy groups -OCH3 is 1. The van der Waals surface area contributed by atoms with Gasteiger partial charge in [0.2, 0.25) is 5.75 Å². The number of carbonyl (C=O) groups excluding carboxylic acids is 1. The third-order valence-corrected chi connectivity index (χ3v) is 2.89. The van der Waals surface area contributed by atoms with Gasteiger partial charge in [-0.3, -0.25) is 4.90 Å². The Hall–Kier alpha value is -2.38. The third kappa shape index (κ3) is 3.04. The Morgan fingerprint density at radius 3 is 2.67 bits per heavy atom. The van der Waals surface area contributed by atoms with Gasteiger partial charge in [-0.05, 0) is 30.7 Å². The van der Waals surface area contributed by atoms with Crippen molar-refractivity contribution in [2.45, 2.75) is 32.8 Å². The fourth-order valence-electron chi connectivity index (χ4n) is 2.06. The summed E-state index contributed by atoms with van der Waals surface area (Å²) >= 11 is 0. The number of ether oxygens (including phenoxy) is 2. The first kappa shape index (κ1) is 15.0. The van der Waals surface area contributed by atoms with Gasteiger partial charge >= 0.3 is 11.9 Å². The van der Waals surface area contributed by atoms with Gasteiger partial charge in [-0.2, -0.15) is 0 Å². The van der Waals surface area contributed by atoms with Crippen LogP contribution in [0.1, 0.15) is 26.5 Å². The number of aromatic nitrogens is 1. The van der Waals surface area contributed by atoms with Gasteiger partial charge < -0.3 is 19.6 Å². The van der Waals surface area contributed by atoms with E-state index in [1.165, 1.54) is 18.1 Å². The summed E-state index contributed by atoms with van der Waals surface area (Å²) in [5.41, 5.74) is 0.373. The molecule has 1 aromatic rings. The summed E-state index contributed by atoms with van der Waals surface area (Å²) < 4.78 is 10.3. The maximum Gasteiger partial charge on any atom is 0.414 e. The molecule has 0 saturated heterocycles. The number of anilines is 1. The third-order valence-electron chi connectivity index (χ3n) is 2.89. The molecule has 0 saturated carbocycles. The first-order chi connectivity index (χ1) is 9.73. The molecular weight excluding hydrogens is 278 g/mol. The van der Waals surface area contributed by atoms with Crippen LogP contribution in [0.2, 0.25) is 0 Å². The second-order valence-electron chi connectivity index (χ2n) is 5.62. The van der Waals surface area contributed by atoms with Crippen molar-refractivity contribution < 1.29 is 19.2 Å². The Balaban J connectivity index is 2.36. The number of amides is 1. The molecule has 0 aliphatic carbocycles. The molecule has 0 atom stereocenters. The van der Waals surface area contributed by atoms with Crippen molar-refractivity contribution in [1.82, 2.24) is 4.98 Å². The highest BCUT2D eigenvalue weighted by atomic mass is 16.6. The molecule has 1 aliphatic rings.